The Hall–Kier alpha value is -0.760. The summed E-state index contributed by atoms with van der Waals surface area (Å²) in [5.74, 6) is 0.388. The van der Waals surface area contributed by atoms with Crippen molar-refractivity contribution < 1.29 is 13.2 Å². The molecule has 0 radical (unpaired) electrons. The Morgan fingerprint density at radius 2 is 1.80 bits per heavy atom. The quantitative estimate of drug-likeness (QED) is 0.793. The first-order valence-electron chi connectivity index (χ1n) is 5.18. The molecule has 0 unspecified atom stereocenters. The Morgan fingerprint density at radius 3 is 2.27 bits per heavy atom. The number of alkyl halides is 3. The van der Waals surface area contributed by atoms with Gasteiger partial charge in [0.05, 0.1) is 12.6 Å². The van der Waals surface area contributed by atoms with Crippen LogP contribution in [0.1, 0.15) is 32.1 Å². The summed E-state index contributed by atoms with van der Waals surface area (Å²) in [6.07, 6.45) is -0.355. The van der Waals surface area contributed by atoms with Crippen molar-refractivity contribution in [2.24, 2.45) is 5.92 Å². The summed E-state index contributed by atoms with van der Waals surface area (Å²) in [5, 5.41) is 11.0. The number of nitriles is 1. The first kappa shape index (κ1) is 12.3. The van der Waals surface area contributed by atoms with Crippen molar-refractivity contribution in [3.8, 4) is 6.07 Å². The fourth-order valence-corrected chi connectivity index (χ4v) is 1.96. The Balaban J connectivity index is 2.18. The average molecular weight is 220 g/mol. The molecule has 0 aromatic heterocycles. The van der Waals surface area contributed by atoms with Crippen LogP contribution in [0.3, 0.4) is 0 Å². The largest absolute Gasteiger partial charge is 0.401 e. The van der Waals surface area contributed by atoms with E-state index in [9.17, 15) is 13.2 Å². The van der Waals surface area contributed by atoms with Gasteiger partial charge in [-0.3, -0.25) is 0 Å². The van der Waals surface area contributed by atoms with Crippen molar-refractivity contribution in [3.05, 3.63) is 0 Å². The average Bonchev–Trinajstić information content (AvgIpc) is 2.16. The van der Waals surface area contributed by atoms with Crippen LogP contribution in [0.4, 0.5) is 13.2 Å². The topological polar surface area (TPSA) is 35.8 Å². The SMILES string of the molecule is N#CC[C@H]1CC[C@@H](NCC(F)(F)F)CC1. The third-order valence-electron chi connectivity index (χ3n) is 2.82. The molecule has 0 aromatic carbocycles. The maximum atomic E-state index is 11.9. The molecule has 0 aliphatic heterocycles. The lowest BCUT2D eigenvalue weighted by Gasteiger charge is -2.28. The molecule has 1 saturated carbocycles. The summed E-state index contributed by atoms with van der Waals surface area (Å²) in [6.45, 7) is -0.902. The van der Waals surface area contributed by atoms with Crippen molar-refractivity contribution in [1.29, 1.82) is 5.26 Å². The van der Waals surface area contributed by atoms with E-state index in [-0.39, 0.29) is 6.04 Å². The summed E-state index contributed by atoms with van der Waals surface area (Å²) >= 11 is 0. The van der Waals surface area contributed by atoms with Crippen LogP contribution in [0.5, 0.6) is 0 Å². The monoisotopic (exact) mass is 220 g/mol. The van der Waals surface area contributed by atoms with Gasteiger partial charge < -0.3 is 5.32 Å². The third-order valence-corrected chi connectivity index (χ3v) is 2.82. The lowest BCUT2D eigenvalue weighted by molar-refractivity contribution is -0.126. The zero-order valence-electron chi connectivity index (χ0n) is 8.48. The molecule has 0 aromatic rings. The van der Waals surface area contributed by atoms with Crippen LogP contribution in [0.2, 0.25) is 0 Å². The molecule has 0 amide bonds. The zero-order valence-corrected chi connectivity index (χ0v) is 8.48. The standard InChI is InChI=1S/C10H15F3N2/c11-10(12,13)7-15-9-3-1-8(2-4-9)5-6-14/h8-9,15H,1-5,7H2/t8-,9+. The van der Waals surface area contributed by atoms with E-state index in [1.54, 1.807) is 0 Å². The first-order chi connectivity index (χ1) is 7.01. The van der Waals surface area contributed by atoms with Gasteiger partial charge in [-0.05, 0) is 31.6 Å². The molecular formula is C10H15F3N2. The zero-order chi connectivity index (χ0) is 11.3. The molecule has 86 valence electrons. The fourth-order valence-electron chi connectivity index (χ4n) is 1.96. The predicted octanol–water partition coefficient (Wildman–Crippen LogP) is 2.61. The van der Waals surface area contributed by atoms with Gasteiger partial charge in [0.2, 0.25) is 0 Å². The van der Waals surface area contributed by atoms with Crippen molar-refractivity contribution in [1.82, 2.24) is 5.32 Å². The minimum Gasteiger partial charge on any atom is -0.306 e. The minimum atomic E-state index is -4.12. The van der Waals surface area contributed by atoms with E-state index in [0.717, 1.165) is 25.7 Å². The predicted molar refractivity (Wildman–Crippen MR) is 50.0 cm³/mol. The van der Waals surface area contributed by atoms with Crippen LogP contribution in [-0.2, 0) is 0 Å². The summed E-state index contributed by atoms with van der Waals surface area (Å²) < 4.78 is 35.7. The van der Waals surface area contributed by atoms with Gasteiger partial charge in [-0.1, -0.05) is 0 Å². The van der Waals surface area contributed by atoms with Gasteiger partial charge in [0.25, 0.3) is 0 Å². The molecule has 0 atom stereocenters. The molecule has 15 heavy (non-hydrogen) atoms. The van der Waals surface area contributed by atoms with Gasteiger partial charge in [-0.2, -0.15) is 18.4 Å². The van der Waals surface area contributed by atoms with E-state index in [2.05, 4.69) is 11.4 Å². The number of halogens is 3. The molecule has 1 aliphatic rings. The fraction of sp³-hybridized carbons (Fsp3) is 0.900. The second kappa shape index (κ2) is 5.36. The smallest absolute Gasteiger partial charge is 0.306 e. The highest BCUT2D eigenvalue weighted by molar-refractivity contribution is 4.83. The van der Waals surface area contributed by atoms with Gasteiger partial charge in [0, 0.05) is 12.5 Å². The molecule has 1 N–H and O–H groups in total. The van der Waals surface area contributed by atoms with Crippen LogP contribution in [0.15, 0.2) is 0 Å². The van der Waals surface area contributed by atoms with Crippen LogP contribution in [-0.4, -0.2) is 18.8 Å². The molecule has 2 nitrogen and oxygen atoms in total. The highest BCUT2D eigenvalue weighted by Crippen LogP contribution is 2.26. The van der Waals surface area contributed by atoms with Gasteiger partial charge in [0.15, 0.2) is 0 Å². The highest BCUT2D eigenvalue weighted by atomic mass is 19.4. The molecule has 0 heterocycles. The van der Waals surface area contributed by atoms with E-state index in [1.807, 2.05) is 0 Å². The Kier molecular flexibility index (Phi) is 4.40. The van der Waals surface area contributed by atoms with Crippen molar-refractivity contribution in [2.75, 3.05) is 6.54 Å². The van der Waals surface area contributed by atoms with Gasteiger partial charge in [-0.25, -0.2) is 0 Å². The molecule has 0 saturated heterocycles. The third kappa shape index (κ3) is 5.03. The Morgan fingerprint density at radius 1 is 1.20 bits per heavy atom. The van der Waals surface area contributed by atoms with Crippen LogP contribution >= 0.6 is 0 Å². The van der Waals surface area contributed by atoms with Crippen LogP contribution < -0.4 is 5.32 Å². The van der Waals surface area contributed by atoms with Crippen molar-refractivity contribution in [2.45, 2.75) is 44.3 Å². The van der Waals surface area contributed by atoms with Gasteiger partial charge in [0.1, 0.15) is 0 Å². The number of hydrogen-bond donors (Lipinski definition) is 1. The lowest BCUT2D eigenvalue weighted by atomic mass is 9.84. The maximum absolute atomic E-state index is 11.9. The van der Waals surface area contributed by atoms with E-state index >= 15 is 0 Å². The second-order valence-corrected chi connectivity index (χ2v) is 4.08. The van der Waals surface area contributed by atoms with Crippen molar-refractivity contribution in [3.63, 3.8) is 0 Å². The van der Waals surface area contributed by atoms with Gasteiger partial charge >= 0.3 is 6.18 Å². The number of rotatable bonds is 3. The number of hydrogen-bond acceptors (Lipinski definition) is 2. The molecule has 1 fully saturated rings. The van der Waals surface area contributed by atoms with E-state index in [0.29, 0.717) is 12.3 Å². The molecule has 0 spiro atoms. The van der Waals surface area contributed by atoms with E-state index < -0.39 is 12.7 Å². The van der Waals surface area contributed by atoms with E-state index in [1.165, 1.54) is 0 Å². The lowest BCUT2D eigenvalue weighted by Crippen LogP contribution is -2.39. The highest BCUT2D eigenvalue weighted by Gasteiger charge is 2.29. The Labute approximate surface area is 87.5 Å². The summed E-state index contributed by atoms with van der Waals surface area (Å²) in [7, 11) is 0. The molecule has 1 aliphatic carbocycles. The molecule has 1 rings (SSSR count). The molecule has 5 heteroatoms. The first-order valence-corrected chi connectivity index (χ1v) is 5.18. The normalized spacial score (nSPS) is 27.3. The van der Waals surface area contributed by atoms with Crippen LogP contribution in [0.25, 0.3) is 0 Å². The summed E-state index contributed by atoms with van der Waals surface area (Å²) in [5.41, 5.74) is 0. The number of nitrogens with one attached hydrogen (secondary N) is 1. The molecular weight excluding hydrogens is 205 g/mol. The second-order valence-electron chi connectivity index (χ2n) is 4.08. The van der Waals surface area contributed by atoms with Crippen molar-refractivity contribution >= 4 is 0 Å². The summed E-state index contributed by atoms with van der Waals surface area (Å²) in [4.78, 5) is 0. The molecule has 0 bridgehead atoms. The summed E-state index contributed by atoms with van der Waals surface area (Å²) in [6, 6.07) is 2.08. The minimum absolute atomic E-state index is 0.0263. The number of nitrogens with zero attached hydrogens (tertiary/aromatic N) is 1. The Bertz CT molecular complexity index is 224. The van der Waals surface area contributed by atoms with E-state index in [4.69, 9.17) is 5.26 Å². The van der Waals surface area contributed by atoms with Gasteiger partial charge in [-0.15, -0.1) is 0 Å². The maximum Gasteiger partial charge on any atom is 0.401 e. The van der Waals surface area contributed by atoms with Crippen LogP contribution in [0, 0.1) is 17.2 Å².